The van der Waals surface area contributed by atoms with E-state index in [1.165, 1.54) is 6.26 Å². The molecule has 0 aliphatic carbocycles. The molecule has 0 aromatic carbocycles. The summed E-state index contributed by atoms with van der Waals surface area (Å²) in [7, 11) is 0. The smallest absolute Gasteiger partial charge is 0.345 e. The highest BCUT2D eigenvalue weighted by Gasteiger charge is 2.47. The number of furan rings is 1. The summed E-state index contributed by atoms with van der Waals surface area (Å²) in [6, 6.07) is 2.31. The number of urea groups is 1. The van der Waals surface area contributed by atoms with Crippen molar-refractivity contribution < 1.29 is 29.3 Å². The van der Waals surface area contributed by atoms with Crippen molar-refractivity contribution in [2.45, 2.75) is 31.1 Å². The summed E-state index contributed by atoms with van der Waals surface area (Å²) in [5.74, 6) is 0.333. The number of nitrogens with zero attached hydrogens (tertiary/aromatic N) is 3. The monoisotopic (exact) mass is 363 g/mol. The van der Waals surface area contributed by atoms with Gasteiger partial charge in [-0.2, -0.15) is 5.01 Å². The van der Waals surface area contributed by atoms with Crippen LogP contribution in [-0.2, 0) is 11.3 Å². The fraction of sp³-hybridized carbons (Fsp3) is 0.615. The lowest BCUT2D eigenvalue weighted by molar-refractivity contribution is -0.0877. The Bertz CT molecular complexity index is 544. The number of halogens is 1. The summed E-state index contributed by atoms with van der Waals surface area (Å²) in [5.41, 5.74) is 0. The van der Waals surface area contributed by atoms with Gasteiger partial charge < -0.3 is 24.5 Å². The Labute approximate surface area is 142 Å². The van der Waals surface area contributed by atoms with Crippen molar-refractivity contribution in [3.8, 4) is 0 Å². The first-order valence-corrected chi connectivity index (χ1v) is 7.69. The van der Waals surface area contributed by atoms with Crippen LogP contribution in [0, 0.1) is 4.91 Å². The lowest BCUT2D eigenvalue weighted by Crippen LogP contribution is -2.51. The Hall–Kier alpha value is -1.72. The largest absolute Gasteiger partial charge is 0.467 e. The van der Waals surface area contributed by atoms with E-state index in [-0.39, 0.29) is 19.0 Å². The van der Waals surface area contributed by atoms with Gasteiger partial charge in [0.25, 0.3) is 0 Å². The van der Waals surface area contributed by atoms with E-state index in [4.69, 9.17) is 20.8 Å². The van der Waals surface area contributed by atoms with E-state index in [0.29, 0.717) is 10.8 Å². The lowest BCUT2D eigenvalue weighted by Gasteiger charge is -2.31. The number of nitroso groups, excluding NO2 is 1. The van der Waals surface area contributed by atoms with Crippen molar-refractivity contribution >= 4 is 17.6 Å². The fourth-order valence-corrected chi connectivity index (χ4v) is 2.53. The van der Waals surface area contributed by atoms with Crippen LogP contribution in [0.3, 0.4) is 0 Å². The van der Waals surface area contributed by atoms with Crippen LogP contribution >= 0.6 is 11.6 Å². The zero-order chi connectivity index (χ0) is 17.7. The maximum absolute atomic E-state index is 12.5. The minimum Gasteiger partial charge on any atom is -0.467 e. The van der Waals surface area contributed by atoms with Gasteiger partial charge in [0.1, 0.15) is 24.1 Å². The molecule has 2 rings (SSSR count). The van der Waals surface area contributed by atoms with Crippen molar-refractivity contribution in [2.75, 3.05) is 19.0 Å². The summed E-state index contributed by atoms with van der Waals surface area (Å²) in [6.07, 6.45) is -3.84. The predicted octanol–water partition coefficient (Wildman–Crippen LogP) is -0.137. The molecule has 1 aliphatic rings. The van der Waals surface area contributed by atoms with Crippen molar-refractivity contribution in [3.63, 3.8) is 0 Å². The molecule has 3 N–H and O–H groups in total. The van der Waals surface area contributed by atoms with Gasteiger partial charge in [-0.05, 0) is 12.1 Å². The Balaban J connectivity index is 2.25. The molecule has 11 heteroatoms. The molecule has 10 nitrogen and oxygen atoms in total. The van der Waals surface area contributed by atoms with Gasteiger partial charge in [0.15, 0.2) is 6.23 Å². The Kier molecular flexibility index (Phi) is 6.52. The normalized spacial score (nSPS) is 26.3. The van der Waals surface area contributed by atoms with E-state index in [2.05, 4.69) is 5.29 Å². The molecule has 0 bridgehead atoms. The van der Waals surface area contributed by atoms with Gasteiger partial charge in [-0.3, -0.25) is 4.90 Å². The molecule has 1 aromatic heterocycles. The van der Waals surface area contributed by atoms with Gasteiger partial charge in [-0.15, -0.1) is 16.5 Å². The minimum absolute atomic E-state index is 0.0258. The summed E-state index contributed by atoms with van der Waals surface area (Å²) in [4.78, 5) is 24.4. The Morgan fingerprint density at radius 2 is 2.12 bits per heavy atom. The molecular formula is C13H18ClN3O7. The number of carbonyl (C=O) groups excluding carboxylic acids is 1. The summed E-state index contributed by atoms with van der Waals surface area (Å²) < 4.78 is 10.5. The highest BCUT2D eigenvalue weighted by molar-refractivity contribution is 6.18. The van der Waals surface area contributed by atoms with Gasteiger partial charge in [0.05, 0.1) is 31.2 Å². The third kappa shape index (κ3) is 3.84. The standard InChI is InChI=1S/C13H18ClN3O7/c14-3-4-17(15-22)13(21)16(6-8-2-1-5-23-8)12-11(20)10(19)9(7-18)24-12/h1-2,5,9-12,18-20H,3-4,6-7H2/t9-,10-,11-,12-/m1/s1. The van der Waals surface area contributed by atoms with Crippen molar-refractivity contribution in [3.05, 3.63) is 29.1 Å². The average Bonchev–Trinajstić information content (AvgIpc) is 3.19. The Morgan fingerprint density at radius 1 is 1.38 bits per heavy atom. The van der Waals surface area contributed by atoms with Gasteiger partial charge in [-0.25, -0.2) is 4.79 Å². The van der Waals surface area contributed by atoms with Gasteiger partial charge in [0.2, 0.25) is 0 Å². The molecule has 0 unspecified atom stereocenters. The second kappa shape index (κ2) is 8.40. The summed E-state index contributed by atoms with van der Waals surface area (Å²) in [5, 5.41) is 32.4. The van der Waals surface area contributed by atoms with Crippen LogP contribution in [0.1, 0.15) is 5.76 Å². The fourth-order valence-electron chi connectivity index (χ4n) is 2.37. The maximum atomic E-state index is 12.5. The number of rotatable bonds is 7. The predicted molar refractivity (Wildman–Crippen MR) is 80.6 cm³/mol. The highest BCUT2D eigenvalue weighted by Crippen LogP contribution is 2.26. The molecule has 1 aromatic rings. The topological polar surface area (TPSA) is 136 Å². The maximum Gasteiger partial charge on any atom is 0.345 e. The van der Waals surface area contributed by atoms with Crippen LogP contribution in [-0.4, -0.2) is 74.8 Å². The van der Waals surface area contributed by atoms with E-state index in [1.54, 1.807) is 12.1 Å². The highest BCUT2D eigenvalue weighted by atomic mass is 35.5. The molecule has 1 saturated heterocycles. The van der Waals surface area contributed by atoms with E-state index in [1.807, 2.05) is 0 Å². The first-order valence-electron chi connectivity index (χ1n) is 7.15. The number of carbonyl (C=O) groups is 1. The van der Waals surface area contributed by atoms with Crippen molar-refractivity contribution in [1.29, 1.82) is 0 Å². The van der Waals surface area contributed by atoms with Crippen LogP contribution in [0.4, 0.5) is 4.79 Å². The number of amides is 2. The van der Waals surface area contributed by atoms with E-state index in [0.717, 1.165) is 4.90 Å². The van der Waals surface area contributed by atoms with Gasteiger partial charge >= 0.3 is 6.03 Å². The molecule has 2 heterocycles. The zero-order valence-corrected chi connectivity index (χ0v) is 13.3. The summed E-state index contributed by atoms with van der Waals surface area (Å²) >= 11 is 5.54. The third-order valence-corrected chi connectivity index (χ3v) is 3.76. The van der Waals surface area contributed by atoms with Crippen molar-refractivity contribution in [1.82, 2.24) is 9.91 Å². The van der Waals surface area contributed by atoms with Crippen LogP contribution in [0.5, 0.6) is 0 Å². The summed E-state index contributed by atoms with van der Waals surface area (Å²) in [6.45, 7) is -0.838. The van der Waals surface area contributed by atoms with Gasteiger partial charge in [0, 0.05) is 5.88 Å². The molecule has 24 heavy (non-hydrogen) atoms. The van der Waals surface area contributed by atoms with Crippen LogP contribution in [0.15, 0.2) is 28.1 Å². The lowest BCUT2D eigenvalue weighted by atomic mass is 10.1. The molecule has 0 spiro atoms. The van der Waals surface area contributed by atoms with E-state index < -0.39 is 37.2 Å². The number of hydrogen-bond donors (Lipinski definition) is 3. The zero-order valence-electron chi connectivity index (χ0n) is 12.6. The quantitative estimate of drug-likeness (QED) is 0.348. The number of aliphatic hydroxyl groups is 3. The molecule has 1 fully saturated rings. The SMILES string of the molecule is O=NN(CCCl)C(=O)N(Cc1ccco1)[C@@H]1O[C@H](CO)[C@@H](O)[C@H]1O. The van der Waals surface area contributed by atoms with E-state index in [9.17, 15) is 25.0 Å². The molecule has 1 aliphatic heterocycles. The molecule has 4 atom stereocenters. The van der Waals surface area contributed by atoms with Crippen LogP contribution in [0.25, 0.3) is 0 Å². The van der Waals surface area contributed by atoms with Gasteiger partial charge in [-0.1, -0.05) is 0 Å². The number of alkyl halides is 1. The minimum atomic E-state index is -1.48. The molecule has 134 valence electrons. The first kappa shape index (κ1) is 18.6. The average molecular weight is 364 g/mol. The van der Waals surface area contributed by atoms with E-state index >= 15 is 0 Å². The molecule has 0 saturated carbocycles. The number of aliphatic hydroxyl groups excluding tert-OH is 3. The molecule has 0 radical (unpaired) electrons. The second-order valence-corrected chi connectivity index (χ2v) is 5.49. The Morgan fingerprint density at radius 3 is 2.62 bits per heavy atom. The second-order valence-electron chi connectivity index (χ2n) is 5.11. The van der Waals surface area contributed by atoms with Crippen LogP contribution in [0.2, 0.25) is 0 Å². The van der Waals surface area contributed by atoms with Crippen LogP contribution < -0.4 is 0 Å². The molecule has 2 amide bonds. The first-order chi connectivity index (χ1) is 11.5. The van der Waals surface area contributed by atoms with Crippen molar-refractivity contribution in [2.24, 2.45) is 5.29 Å². The number of hydrogen-bond acceptors (Lipinski definition) is 8. The molecular weight excluding hydrogens is 346 g/mol. The third-order valence-electron chi connectivity index (χ3n) is 3.59. The number of ether oxygens (including phenoxy) is 1.